The Morgan fingerprint density at radius 3 is 2.60 bits per heavy atom. The van der Waals surface area contributed by atoms with E-state index >= 15 is 0 Å². The fourth-order valence-corrected chi connectivity index (χ4v) is 3.07. The average Bonchev–Trinajstić information content (AvgIpc) is 3.01. The first kappa shape index (κ1) is 21.4. The Morgan fingerprint density at radius 2 is 1.90 bits per heavy atom. The highest BCUT2D eigenvalue weighted by molar-refractivity contribution is 6.22. The van der Waals surface area contributed by atoms with Gasteiger partial charge in [-0.25, -0.2) is 4.98 Å². The van der Waals surface area contributed by atoms with E-state index in [-0.39, 0.29) is 29.8 Å². The molecule has 8 nitrogen and oxygen atoms in total. The molecule has 2 heterocycles. The van der Waals surface area contributed by atoms with E-state index in [1.54, 1.807) is 31.5 Å². The van der Waals surface area contributed by atoms with Crippen LogP contribution in [0.15, 0.2) is 36.5 Å². The molecule has 0 saturated heterocycles. The summed E-state index contributed by atoms with van der Waals surface area (Å²) in [4.78, 5) is 42.9. The number of hydrogen-bond acceptors (Lipinski definition) is 6. The molecule has 0 spiro atoms. The van der Waals surface area contributed by atoms with Gasteiger partial charge in [0.15, 0.2) is 0 Å². The topological polar surface area (TPSA) is 97.8 Å². The molecule has 0 fully saturated rings. The highest BCUT2D eigenvalue weighted by atomic mass is 16.5. The maximum atomic E-state index is 12.5. The molecule has 3 rings (SSSR count). The third kappa shape index (κ3) is 4.83. The van der Waals surface area contributed by atoms with Gasteiger partial charge in [-0.2, -0.15) is 0 Å². The van der Waals surface area contributed by atoms with Gasteiger partial charge in [0, 0.05) is 38.0 Å². The van der Waals surface area contributed by atoms with Gasteiger partial charge in [-0.1, -0.05) is 19.4 Å². The molecule has 30 heavy (non-hydrogen) atoms. The number of nitrogens with one attached hydrogen (secondary N) is 1. The first-order chi connectivity index (χ1) is 14.5. The van der Waals surface area contributed by atoms with Gasteiger partial charge < -0.3 is 14.8 Å². The SMILES string of the molecule is CCCCN1C(=O)c2ccc(C(=O)NCc3ccc(OCCOC)nc3)cc2C1=O. The number of amides is 3. The third-order valence-corrected chi connectivity index (χ3v) is 4.76. The third-order valence-electron chi connectivity index (χ3n) is 4.76. The minimum Gasteiger partial charge on any atom is -0.475 e. The van der Waals surface area contributed by atoms with Gasteiger partial charge >= 0.3 is 0 Å². The molecule has 1 aromatic carbocycles. The van der Waals surface area contributed by atoms with Gasteiger partial charge in [-0.3, -0.25) is 19.3 Å². The number of pyridine rings is 1. The molecule has 2 aromatic rings. The smallest absolute Gasteiger partial charge is 0.261 e. The lowest BCUT2D eigenvalue weighted by Crippen LogP contribution is -2.30. The number of benzene rings is 1. The first-order valence-electron chi connectivity index (χ1n) is 9.90. The summed E-state index contributed by atoms with van der Waals surface area (Å²) >= 11 is 0. The Hall–Kier alpha value is -3.26. The minimum absolute atomic E-state index is 0.275. The van der Waals surface area contributed by atoms with Gasteiger partial charge in [0.2, 0.25) is 5.88 Å². The average molecular weight is 411 g/mol. The highest BCUT2D eigenvalue weighted by Gasteiger charge is 2.35. The van der Waals surface area contributed by atoms with Crippen LogP contribution in [0.4, 0.5) is 0 Å². The standard InChI is InChI=1S/C22H25N3O5/c1-3-4-9-25-21(27)17-7-6-16(12-18(17)22(25)28)20(26)24-14-15-5-8-19(23-13-15)30-11-10-29-2/h5-8,12-13H,3-4,9-11,14H2,1-2H3,(H,24,26). The summed E-state index contributed by atoms with van der Waals surface area (Å²) in [6.45, 7) is 3.55. The van der Waals surface area contributed by atoms with E-state index in [2.05, 4.69) is 10.3 Å². The highest BCUT2D eigenvalue weighted by Crippen LogP contribution is 2.24. The largest absolute Gasteiger partial charge is 0.475 e. The van der Waals surface area contributed by atoms with Crippen molar-refractivity contribution in [3.63, 3.8) is 0 Å². The lowest BCUT2D eigenvalue weighted by molar-refractivity contribution is 0.0652. The van der Waals surface area contributed by atoms with Crippen LogP contribution in [0, 0.1) is 0 Å². The van der Waals surface area contributed by atoms with Gasteiger partial charge in [0.05, 0.1) is 17.7 Å². The molecule has 1 aromatic heterocycles. The van der Waals surface area contributed by atoms with Crippen LogP contribution in [-0.2, 0) is 11.3 Å². The molecule has 0 unspecified atom stereocenters. The Morgan fingerprint density at radius 1 is 1.10 bits per heavy atom. The lowest BCUT2D eigenvalue weighted by Gasteiger charge is -2.12. The van der Waals surface area contributed by atoms with Crippen LogP contribution in [0.2, 0.25) is 0 Å². The van der Waals surface area contributed by atoms with Gasteiger partial charge in [-0.15, -0.1) is 0 Å². The molecule has 158 valence electrons. The van der Waals surface area contributed by atoms with E-state index in [4.69, 9.17) is 9.47 Å². The molecule has 1 aliphatic heterocycles. The number of carbonyl (C=O) groups is 3. The molecule has 0 aliphatic carbocycles. The van der Waals surface area contributed by atoms with Crippen LogP contribution < -0.4 is 10.1 Å². The number of hydrogen-bond donors (Lipinski definition) is 1. The molecule has 3 amide bonds. The van der Waals surface area contributed by atoms with Gasteiger partial charge in [-0.05, 0) is 30.2 Å². The van der Waals surface area contributed by atoms with Crippen molar-refractivity contribution in [3.05, 3.63) is 58.8 Å². The van der Waals surface area contributed by atoms with E-state index in [0.717, 1.165) is 18.4 Å². The van der Waals surface area contributed by atoms with E-state index in [1.165, 1.54) is 11.0 Å². The van der Waals surface area contributed by atoms with Crippen LogP contribution in [0.1, 0.15) is 56.4 Å². The van der Waals surface area contributed by atoms with E-state index in [0.29, 0.717) is 36.8 Å². The quantitative estimate of drug-likeness (QED) is 0.476. The summed E-state index contributed by atoms with van der Waals surface area (Å²) in [5.74, 6) is -0.484. The number of imide groups is 1. The van der Waals surface area contributed by atoms with Crippen LogP contribution in [0.5, 0.6) is 5.88 Å². The Balaban J connectivity index is 1.60. The summed E-state index contributed by atoms with van der Waals surface area (Å²) < 4.78 is 10.3. The zero-order valence-corrected chi connectivity index (χ0v) is 17.1. The molecule has 0 atom stereocenters. The fraction of sp³-hybridized carbons (Fsp3) is 0.364. The fourth-order valence-electron chi connectivity index (χ4n) is 3.07. The summed E-state index contributed by atoms with van der Waals surface area (Å²) in [7, 11) is 1.60. The predicted octanol–water partition coefficient (Wildman–Crippen LogP) is 2.43. The number of rotatable bonds is 10. The Kier molecular flexibility index (Phi) is 7.13. The molecule has 8 heteroatoms. The van der Waals surface area contributed by atoms with Crippen LogP contribution in [-0.4, -0.2) is 54.5 Å². The number of methoxy groups -OCH3 is 1. The first-order valence-corrected chi connectivity index (χ1v) is 9.90. The minimum atomic E-state index is -0.341. The Bertz CT molecular complexity index is 927. The van der Waals surface area contributed by atoms with E-state index in [9.17, 15) is 14.4 Å². The summed E-state index contributed by atoms with van der Waals surface area (Å²) in [5.41, 5.74) is 1.77. The van der Waals surface area contributed by atoms with Crippen molar-refractivity contribution in [1.82, 2.24) is 15.2 Å². The molecular formula is C22H25N3O5. The number of nitrogens with zero attached hydrogens (tertiary/aromatic N) is 2. The molecule has 0 saturated carbocycles. The molecule has 0 radical (unpaired) electrons. The monoisotopic (exact) mass is 411 g/mol. The number of carbonyl (C=O) groups excluding carboxylic acids is 3. The Labute approximate surface area is 175 Å². The summed E-state index contributed by atoms with van der Waals surface area (Å²) in [6.07, 6.45) is 3.26. The van der Waals surface area contributed by atoms with Gasteiger partial charge in [0.25, 0.3) is 17.7 Å². The van der Waals surface area contributed by atoms with Crippen molar-refractivity contribution in [2.24, 2.45) is 0 Å². The lowest BCUT2D eigenvalue weighted by atomic mass is 10.1. The molecule has 1 N–H and O–H groups in total. The summed E-state index contributed by atoms with van der Waals surface area (Å²) in [5, 5.41) is 2.80. The van der Waals surface area contributed by atoms with Crippen molar-refractivity contribution in [2.75, 3.05) is 26.9 Å². The van der Waals surface area contributed by atoms with Crippen LogP contribution in [0.3, 0.4) is 0 Å². The molecular weight excluding hydrogens is 386 g/mol. The number of aromatic nitrogens is 1. The number of ether oxygens (including phenoxy) is 2. The second-order valence-corrected chi connectivity index (χ2v) is 6.90. The van der Waals surface area contributed by atoms with E-state index < -0.39 is 0 Å². The number of fused-ring (bicyclic) bond motifs is 1. The van der Waals surface area contributed by atoms with Crippen molar-refractivity contribution in [1.29, 1.82) is 0 Å². The van der Waals surface area contributed by atoms with Crippen molar-refractivity contribution in [3.8, 4) is 5.88 Å². The van der Waals surface area contributed by atoms with Gasteiger partial charge in [0.1, 0.15) is 6.61 Å². The maximum absolute atomic E-state index is 12.5. The summed E-state index contributed by atoms with van der Waals surface area (Å²) in [6, 6.07) is 8.13. The van der Waals surface area contributed by atoms with Crippen LogP contribution >= 0.6 is 0 Å². The zero-order valence-electron chi connectivity index (χ0n) is 17.1. The molecule has 1 aliphatic rings. The van der Waals surface area contributed by atoms with E-state index in [1.807, 2.05) is 13.0 Å². The maximum Gasteiger partial charge on any atom is 0.261 e. The van der Waals surface area contributed by atoms with Crippen molar-refractivity contribution < 1.29 is 23.9 Å². The van der Waals surface area contributed by atoms with Crippen molar-refractivity contribution in [2.45, 2.75) is 26.3 Å². The van der Waals surface area contributed by atoms with Crippen LogP contribution in [0.25, 0.3) is 0 Å². The van der Waals surface area contributed by atoms with Crippen molar-refractivity contribution >= 4 is 17.7 Å². The predicted molar refractivity (Wildman–Crippen MR) is 109 cm³/mol. The second kappa shape index (κ2) is 9.98. The number of unbranched alkanes of at least 4 members (excludes halogenated alkanes) is 1. The second-order valence-electron chi connectivity index (χ2n) is 6.90. The molecule has 0 bridgehead atoms. The zero-order chi connectivity index (χ0) is 21.5. The normalized spacial score (nSPS) is 12.8.